The number of para-hydroxylation sites is 1. The number of hydrogen-bond donors (Lipinski definition) is 0. The number of anilines is 1. The number of rotatable bonds is 4. The minimum atomic E-state index is -0.356. The van der Waals surface area contributed by atoms with E-state index >= 15 is 0 Å². The maximum Gasteiger partial charge on any atom is 0.266 e. The summed E-state index contributed by atoms with van der Waals surface area (Å²) in [4.78, 5) is 26.7. The quantitative estimate of drug-likeness (QED) is 0.387. The van der Waals surface area contributed by atoms with Gasteiger partial charge in [0.2, 0.25) is 5.89 Å². The third kappa shape index (κ3) is 3.21. The fraction of sp³-hybridized carbons (Fsp3) is 0.0435. The highest BCUT2D eigenvalue weighted by Crippen LogP contribution is 2.33. The third-order valence-electron chi connectivity index (χ3n) is 4.98. The summed E-state index contributed by atoms with van der Waals surface area (Å²) < 4.78 is 11.9. The molecule has 0 spiro atoms. The van der Waals surface area contributed by atoms with Gasteiger partial charge in [-0.1, -0.05) is 28.1 Å². The minimum absolute atomic E-state index is 0.318. The van der Waals surface area contributed by atoms with Crippen LogP contribution in [-0.2, 0) is 0 Å². The summed E-state index contributed by atoms with van der Waals surface area (Å²) in [6, 6.07) is 19.2. The van der Waals surface area contributed by atoms with Crippen LogP contribution in [0.4, 0.5) is 5.69 Å². The summed E-state index contributed by atoms with van der Waals surface area (Å²) in [7, 11) is 1.58. The highest BCUT2D eigenvalue weighted by Gasteiger charge is 2.36. The number of hydrogen-bond acceptors (Lipinski definition) is 6. The van der Waals surface area contributed by atoms with Crippen LogP contribution in [0.1, 0.15) is 20.7 Å². The van der Waals surface area contributed by atoms with Crippen molar-refractivity contribution in [3.8, 4) is 28.7 Å². The number of ether oxygens (including phenoxy) is 1. The van der Waals surface area contributed by atoms with Crippen LogP contribution in [0, 0.1) is 0 Å². The van der Waals surface area contributed by atoms with E-state index < -0.39 is 0 Å². The van der Waals surface area contributed by atoms with Gasteiger partial charge >= 0.3 is 0 Å². The van der Waals surface area contributed by atoms with Crippen molar-refractivity contribution in [1.29, 1.82) is 0 Å². The lowest BCUT2D eigenvalue weighted by molar-refractivity contribution is 0.0926. The van der Waals surface area contributed by atoms with Crippen molar-refractivity contribution in [3.63, 3.8) is 0 Å². The maximum atomic E-state index is 12.8. The fourth-order valence-corrected chi connectivity index (χ4v) is 3.83. The Bertz CT molecular complexity index is 1330. The van der Waals surface area contributed by atoms with Gasteiger partial charge in [0.15, 0.2) is 0 Å². The van der Waals surface area contributed by atoms with Crippen molar-refractivity contribution in [2.75, 3.05) is 12.0 Å². The average Bonchev–Trinajstić information content (AvgIpc) is 3.37. The number of carbonyl (C=O) groups excluding carboxylic acids is 2. The summed E-state index contributed by atoms with van der Waals surface area (Å²) in [5.41, 5.74) is 2.59. The van der Waals surface area contributed by atoms with Crippen LogP contribution < -0.4 is 9.64 Å². The minimum Gasteiger partial charge on any atom is -0.496 e. The average molecular weight is 476 g/mol. The molecule has 1 aromatic heterocycles. The van der Waals surface area contributed by atoms with Crippen LogP contribution in [-0.4, -0.2) is 29.1 Å². The van der Waals surface area contributed by atoms with E-state index in [1.165, 1.54) is 0 Å². The number of methoxy groups -OCH3 is 1. The van der Waals surface area contributed by atoms with Crippen molar-refractivity contribution in [2.24, 2.45) is 0 Å². The van der Waals surface area contributed by atoms with Crippen molar-refractivity contribution < 1.29 is 18.7 Å². The second-order valence-electron chi connectivity index (χ2n) is 6.80. The van der Waals surface area contributed by atoms with Crippen LogP contribution in [0.3, 0.4) is 0 Å². The van der Waals surface area contributed by atoms with E-state index in [2.05, 4.69) is 26.1 Å². The molecule has 0 fully saturated rings. The second-order valence-corrected chi connectivity index (χ2v) is 7.71. The van der Waals surface area contributed by atoms with Gasteiger partial charge < -0.3 is 9.15 Å². The summed E-state index contributed by atoms with van der Waals surface area (Å²) in [5.74, 6) is 0.577. The van der Waals surface area contributed by atoms with Crippen molar-refractivity contribution in [2.45, 2.75) is 0 Å². The van der Waals surface area contributed by atoms with Crippen LogP contribution in [0.25, 0.3) is 22.9 Å². The molecule has 2 amide bonds. The molecule has 4 aromatic rings. The predicted molar refractivity (Wildman–Crippen MR) is 117 cm³/mol. The largest absolute Gasteiger partial charge is 0.496 e. The molecule has 0 aliphatic carbocycles. The van der Waals surface area contributed by atoms with Crippen molar-refractivity contribution in [1.82, 2.24) is 10.2 Å². The lowest BCUT2D eigenvalue weighted by atomic mass is 10.1. The van der Waals surface area contributed by atoms with Gasteiger partial charge in [-0.2, -0.15) is 0 Å². The first-order valence-electron chi connectivity index (χ1n) is 9.32. The van der Waals surface area contributed by atoms with Gasteiger partial charge in [0.05, 0.1) is 29.5 Å². The lowest BCUT2D eigenvalue weighted by Crippen LogP contribution is -2.29. The van der Waals surface area contributed by atoms with Crippen molar-refractivity contribution >= 4 is 33.4 Å². The van der Waals surface area contributed by atoms with Gasteiger partial charge in [-0.3, -0.25) is 9.59 Å². The zero-order valence-electron chi connectivity index (χ0n) is 16.2. The Kier molecular flexibility index (Phi) is 4.63. The van der Waals surface area contributed by atoms with E-state index in [0.29, 0.717) is 45.5 Å². The molecule has 7 nitrogen and oxygen atoms in total. The van der Waals surface area contributed by atoms with E-state index in [9.17, 15) is 9.59 Å². The molecule has 152 valence electrons. The van der Waals surface area contributed by atoms with E-state index in [1.807, 2.05) is 24.3 Å². The molecule has 5 rings (SSSR count). The fourth-order valence-electron chi connectivity index (χ4n) is 3.47. The Morgan fingerprint density at radius 2 is 1.55 bits per heavy atom. The van der Waals surface area contributed by atoms with Crippen LogP contribution in [0.15, 0.2) is 75.6 Å². The molecule has 3 aromatic carbocycles. The Morgan fingerprint density at radius 1 is 0.839 bits per heavy atom. The van der Waals surface area contributed by atoms with Gasteiger partial charge in [0.25, 0.3) is 17.7 Å². The Labute approximate surface area is 185 Å². The normalized spacial score (nSPS) is 12.9. The zero-order valence-corrected chi connectivity index (χ0v) is 17.8. The number of imide groups is 1. The number of carbonyl (C=O) groups is 2. The summed E-state index contributed by atoms with van der Waals surface area (Å²) in [6.45, 7) is 0. The van der Waals surface area contributed by atoms with Crippen LogP contribution in [0.5, 0.6) is 5.75 Å². The second kappa shape index (κ2) is 7.48. The van der Waals surface area contributed by atoms with E-state index in [1.54, 1.807) is 49.6 Å². The molecular formula is C23H14BrN3O4. The van der Waals surface area contributed by atoms with Crippen LogP contribution in [0.2, 0.25) is 0 Å². The molecular weight excluding hydrogens is 462 g/mol. The molecule has 0 saturated carbocycles. The third-order valence-corrected chi connectivity index (χ3v) is 5.48. The monoisotopic (exact) mass is 475 g/mol. The maximum absolute atomic E-state index is 12.8. The van der Waals surface area contributed by atoms with Gasteiger partial charge in [-0.05, 0) is 54.6 Å². The van der Waals surface area contributed by atoms with E-state index in [4.69, 9.17) is 9.15 Å². The molecule has 0 radical (unpaired) electrons. The highest BCUT2D eigenvalue weighted by atomic mass is 79.9. The topological polar surface area (TPSA) is 85.5 Å². The number of benzene rings is 3. The molecule has 2 heterocycles. The molecule has 0 saturated heterocycles. The predicted octanol–water partition coefficient (Wildman–Crippen LogP) is 4.98. The molecule has 0 bridgehead atoms. The van der Waals surface area contributed by atoms with Gasteiger partial charge in [0.1, 0.15) is 5.75 Å². The first-order chi connectivity index (χ1) is 15.1. The summed E-state index contributed by atoms with van der Waals surface area (Å²) in [5, 5.41) is 8.22. The molecule has 8 heteroatoms. The summed E-state index contributed by atoms with van der Waals surface area (Å²) in [6.07, 6.45) is 0. The molecule has 31 heavy (non-hydrogen) atoms. The molecule has 1 aliphatic heterocycles. The van der Waals surface area contributed by atoms with Gasteiger partial charge in [-0.15, -0.1) is 10.2 Å². The number of amides is 2. The smallest absolute Gasteiger partial charge is 0.266 e. The van der Waals surface area contributed by atoms with Gasteiger partial charge in [0, 0.05) is 10.0 Å². The van der Waals surface area contributed by atoms with E-state index in [0.717, 1.165) is 9.37 Å². The molecule has 0 atom stereocenters. The molecule has 1 aliphatic rings. The Balaban J connectivity index is 1.44. The molecule has 0 N–H and O–H groups in total. The van der Waals surface area contributed by atoms with Crippen LogP contribution >= 0.6 is 15.9 Å². The number of halogens is 1. The first kappa shape index (κ1) is 19.2. The summed E-state index contributed by atoms with van der Waals surface area (Å²) >= 11 is 3.34. The number of aromatic nitrogens is 2. The number of nitrogens with zero attached hydrogens (tertiary/aromatic N) is 3. The highest BCUT2D eigenvalue weighted by molar-refractivity contribution is 9.10. The Morgan fingerprint density at radius 3 is 2.32 bits per heavy atom. The first-order valence-corrected chi connectivity index (χ1v) is 10.1. The number of fused-ring (bicyclic) bond motifs is 1. The van der Waals surface area contributed by atoms with E-state index in [-0.39, 0.29) is 11.8 Å². The lowest BCUT2D eigenvalue weighted by Gasteiger charge is -2.13. The Hall–Kier alpha value is -3.78. The zero-order chi connectivity index (χ0) is 21.5. The van der Waals surface area contributed by atoms with Crippen molar-refractivity contribution in [3.05, 3.63) is 82.3 Å². The standard InChI is InChI=1S/C23H14BrN3O4/c1-30-19-5-3-2-4-17(19)21-26-25-20(31-21)13-6-9-15(10-7-13)27-22(28)16-11-8-14(24)12-18(16)23(27)29/h2-12H,1H3. The molecule has 0 unspecified atom stereocenters. The SMILES string of the molecule is COc1ccccc1-c1nnc(-c2ccc(N3C(=O)c4ccc(Br)cc4C3=O)cc2)o1. The van der Waals surface area contributed by atoms with Gasteiger partial charge in [-0.25, -0.2) is 4.90 Å².